The molecule has 1 aliphatic rings. The summed E-state index contributed by atoms with van der Waals surface area (Å²) >= 11 is 1.60. The average Bonchev–Trinajstić information content (AvgIpc) is 2.39. The van der Waals surface area contributed by atoms with E-state index in [0.717, 1.165) is 23.5 Å². The Morgan fingerprint density at radius 1 is 1.50 bits per heavy atom. The smallest absolute Gasteiger partial charge is 0.239 e. The molecule has 1 aromatic carbocycles. The van der Waals surface area contributed by atoms with E-state index in [1.54, 1.807) is 23.8 Å². The molecule has 0 fully saturated rings. The Hall–Kier alpha value is -1.04. The van der Waals surface area contributed by atoms with E-state index in [1.165, 1.54) is 5.56 Å². The molecule has 1 heterocycles. The van der Waals surface area contributed by atoms with Gasteiger partial charge in [0.05, 0.1) is 11.4 Å². The van der Waals surface area contributed by atoms with Gasteiger partial charge in [-0.15, -0.1) is 11.8 Å². The minimum absolute atomic E-state index is 0.111. The molecule has 4 nitrogen and oxygen atoms in total. The first kappa shape index (κ1) is 13.4. The summed E-state index contributed by atoms with van der Waals surface area (Å²) in [6.45, 7) is 1.26. The number of thioether (sulfide) groups is 1. The predicted octanol–water partition coefficient (Wildman–Crippen LogP) is 1.49. The highest BCUT2D eigenvalue weighted by Crippen LogP contribution is 2.35. The van der Waals surface area contributed by atoms with Crippen molar-refractivity contribution >= 4 is 23.4 Å². The van der Waals surface area contributed by atoms with Gasteiger partial charge in [0, 0.05) is 12.0 Å². The number of methoxy groups -OCH3 is 1. The van der Waals surface area contributed by atoms with Crippen molar-refractivity contribution in [3.63, 3.8) is 0 Å². The zero-order valence-electron chi connectivity index (χ0n) is 10.7. The molecule has 0 aromatic heterocycles. The lowest BCUT2D eigenvalue weighted by molar-refractivity contribution is -0.117. The summed E-state index contributed by atoms with van der Waals surface area (Å²) in [6.07, 6.45) is 0.962. The number of amides is 1. The topological polar surface area (TPSA) is 41.6 Å². The number of likely N-dealkylation sites (N-methyl/N-ethyl adjacent to an activating group) is 1. The van der Waals surface area contributed by atoms with Crippen LogP contribution in [0.4, 0.5) is 5.69 Å². The maximum Gasteiger partial charge on any atom is 0.239 e. The zero-order valence-corrected chi connectivity index (χ0v) is 11.5. The minimum Gasteiger partial charge on any atom is -0.364 e. The number of benzene rings is 1. The fourth-order valence-electron chi connectivity index (χ4n) is 1.94. The van der Waals surface area contributed by atoms with Crippen LogP contribution in [0.5, 0.6) is 0 Å². The summed E-state index contributed by atoms with van der Waals surface area (Å²) in [5.74, 6) is 0.604. The highest BCUT2D eigenvalue weighted by Gasteiger charge is 2.24. The first-order valence-electron chi connectivity index (χ1n) is 5.96. The summed E-state index contributed by atoms with van der Waals surface area (Å²) in [5, 5.41) is 3.13. The van der Waals surface area contributed by atoms with E-state index in [1.807, 2.05) is 7.05 Å². The highest BCUT2D eigenvalue weighted by molar-refractivity contribution is 8.00. The maximum atomic E-state index is 11.9. The van der Waals surface area contributed by atoms with Gasteiger partial charge in [0.1, 0.15) is 6.73 Å². The highest BCUT2D eigenvalue weighted by atomic mass is 32.2. The third-order valence-corrected chi connectivity index (χ3v) is 3.94. The van der Waals surface area contributed by atoms with Crippen molar-refractivity contribution in [1.29, 1.82) is 0 Å². The predicted molar refractivity (Wildman–Crippen MR) is 74.2 cm³/mol. The van der Waals surface area contributed by atoms with Crippen molar-refractivity contribution < 1.29 is 9.53 Å². The Morgan fingerprint density at radius 3 is 3.06 bits per heavy atom. The van der Waals surface area contributed by atoms with E-state index in [2.05, 4.69) is 23.5 Å². The largest absolute Gasteiger partial charge is 0.364 e. The van der Waals surface area contributed by atoms with E-state index < -0.39 is 0 Å². The minimum atomic E-state index is 0.111. The second kappa shape index (κ2) is 6.22. The molecule has 1 aliphatic heterocycles. The molecule has 0 aliphatic carbocycles. The van der Waals surface area contributed by atoms with Crippen LogP contribution in [0.3, 0.4) is 0 Å². The Labute approximate surface area is 112 Å². The van der Waals surface area contributed by atoms with E-state index in [0.29, 0.717) is 12.5 Å². The number of hydrogen-bond donors (Lipinski definition) is 1. The van der Waals surface area contributed by atoms with E-state index in [4.69, 9.17) is 4.74 Å². The number of anilines is 1. The van der Waals surface area contributed by atoms with Gasteiger partial charge in [-0.25, -0.2) is 0 Å². The fraction of sp³-hybridized carbons (Fsp3) is 0.462. The van der Waals surface area contributed by atoms with Gasteiger partial charge in [0.25, 0.3) is 0 Å². The van der Waals surface area contributed by atoms with Crippen LogP contribution in [0.2, 0.25) is 0 Å². The number of nitrogens with one attached hydrogen (secondary N) is 1. The molecule has 0 bridgehead atoms. The van der Waals surface area contributed by atoms with Crippen LogP contribution in [0.25, 0.3) is 0 Å². The van der Waals surface area contributed by atoms with Crippen molar-refractivity contribution in [1.82, 2.24) is 5.32 Å². The van der Waals surface area contributed by atoms with Crippen LogP contribution < -0.4 is 10.2 Å². The van der Waals surface area contributed by atoms with Crippen molar-refractivity contribution in [3.8, 4) is 0 Å². The maximum absolute atomic E-state index is 11.9. The van der Waals surface area contributed by atoms with Gasteiger partial charge in [-0.3, -0.25) is 9.69 Å². The number of fused-ring (bicyclic) bond motifs is 1. The fourth-order valence-corrected chi connectivity index (χ4v) is 2.86. The van der Waals surface area contributed by atoms with Crippen LogP contribution >= 0.6 is 11.8 Å². The summed E-state index contributed by atoms with van der Waals surface area (Å²) in [4.78, 5) is 14.8. The van der Waals surface area contributed by atoms with Crippen molar-refractivity contribution in [2.45, 2.75) is 11.3 Å². The third kappa shape index (κ3) is 2.85. The number of carbonyl (C=O) groups is 1. The first-order chi connectivity index (χ1) is 8.76. The van der Waals surface area contributed by atoms with Gasteiger partial charge < -0.3 is 10.1 Å². The number of rotatable bonds is 5. The number of ether oxygens (including phenoxy) is 1. The van der Waals surface area contributed by atoms with Gasteiger partial charge in [0.2, 0.25) is 5.91 Å². The summed E-state index contributed by atoms with van der Waals surface area (Å²) in [7, 11) is 3.55. The molecule has 0 spiro atoms. The van der Waals surface area contributed by atoms with E-state index >= 15 is 0 Å². The van der Waals surface area contributed by atoms with Gasteiger partial charge in [-0.05, 0) is 37.7 Å². The Kier molecular flexibility index (Phi) is 4.63. The first-order valence-corrected chi connectivity index (χ1v) is 6.94. The number of carbonyl (C=O) groups excluding carboxylic acids is 1. The molecular formula is C13H18N2O2S. The summed E-state index contributed by atoms with van der Waals surface area (Å²) < 4.78 is 5.11. The second-order valence-electron chi connectivity index (χ2n) is 4.18. The molecule has 1 N–H and O–H groups in total. The lowest BCUT2D eigenvalue weighted by Crippen LogP contribution is -2.36. The molecule has 2 rings (SSSR count). The van der Waals surface area contributed by atoms with Crippen LogP contribution in [0, 0.1) is 0 Å². The van der Waals surface area contributed by atoms with Crippen LogP contribution in [0.15, 0.2) is 23.1 Å². The van der Waals surface area contributed by atoms with Crippen molar-refractivity contribution in [3.05, 3.63) is 23.8 Å². The molecular weight excluding hydrogens is 248 g/mol. The molecule has 0 unspecified atom stereocenters. The second-order valence-corrected chi connectivity index (χ2v) is 5.20. The van der Waals surface area contributed by atoms with Gasteiger partial charge in [-0.1, -0.05) is 6.07 Å². The van der Waals surface area contributed by atoms with Gasteiger partial charge in [0.15, 0.2) is 0 Å². The standard InChI is InChI=1S/C13H18N2O2S/c1-14-6-5-10-3-4-12-11(7-10)15(9-17-2)13(16)8-18-12/h3-4,7,14H,5-6,8-9H2,1-2H3. The van der Waals surface area contributed by atoms with Crippen LogP contribution in [0.1, 0.15) is 5.56 Å². The third-order valence-electron chi connectivity index (χ3n) is 2.89. The van der Waals surface area contributed by atoms with Crippen LogP contribution in [-0.2, 0) is 16.0 Å². The molecule has 0 saturated carbocycles. The molecule has 1 amide bonds. The van der Waals surface area contributed by atoms with E-state index in [-0.39, 0.29) is 5.91 Å². The number of hydrogen-bond acceptors (Lipinski definition) is 4. The van der Waals surface area contributed by atoms with Crippen molar-refractivity contribution in [2.75, 3.05) is 38.1 Å². The molecule has 5 heteroatoms. The quantitative estimate of drug-likeness (QED) is 0.877. The van der Waals surface area contributed by atoms with Gasteiger partial charge in [-0.2, -0.15) is 0 Å². The number of nitrogens with zero attached hydrogens (tertiary/aromatic N) is 1. The Bertz CT molecular complexity index is 437. The lowest BCUT2D eigenvalue weighted by atomic mass is 10.1. The van der Waals surface area contributed by atoms with E-state index in [9.17, 15) is 4.79 Å². The SMILES string of the molecule is CNCCc1ccc2c(c1)N(COC)C(=O)CS2. The molecule has 98 valence electrons. The Morgan fingerprint density at radius 2 is 2.33 bits per heavy atom. The zero-order chi connectivity index (χ0) is 13.0. The average molecular weight is 266 g/mol. The molecule has 0 radical (unpaired) electrons. The van der Waals surface area contributed by atoms with Crippen molar-refractivity contribution in [2.24, 2.45) is 0 Å². The van der Waals surface area contributed by atoms with Crippen LogP contribution in [-0.4, -0.2) is 39.1 Å². The normalized spacial score (nSPS) is 14.8. The molecule has 0 saturated heterocycles. The summed E-state index contributed by atoms with van der Waals surface area (Å²) in [5.41, 5.74) is 2.21. The Balaban J connectivity index is 2.26. The van der Waals surface area contributed by atoms with Gasteiger partial charge >= 0.3 is 0 Å². The molecule has 0 atom stereocenters. The molecule has 18 heavy (non-hydrogen) atoms. The monoisotopic (exact) mass is 266 g/mol. The molecule has 1 aromatic rings. The summed E-state index contributed by atoms with van der Waals surface area (Å²) in [6, 6.07) is 6.32. The lowest BCUT2D eigenvalue weighted by Gasteiger charge is -2.28.